The highest BCUT2D eigenvalue weighted by Gasteiger charge is 2.15. The smallest absolute Gasteiger partial charge is 0.225 e. The largest absolute Gasteiger partial charge is 0.469 e. The molecule has 0 unspecified atom stereocenters. The fraction of sp³-hybridized carbons (Fsp3) is 0.462. The Morgan fingerprint density at radius 2 is 2.18 bits per heavy atom. The molecule has 0 saturated heterocycles. The molecule has 17 heavy (non-hydrogen) atoms. The van der Waals surface area contributed by atoms with Crippen molar-refractivity contribution < 1.29 is 8.94 Å². The van der Waals surface area contributed by atoms with Crippen molar-refractivity contribution in [2.24, 2.45) is 5.92 Å². The fourth-order valence-electron chi connectivity index (χ4n) is 1.88. The summed E-state index contributed by atoms with van der Waals surface area (Å²) >= 11 is 0. The molecule has 0 bridgehead atoms. The first-order valence-electron chi connectivity index (χ1n) is 5.92. The standard InChI is InChI=1S/C13H18N2O2/c1-9(2)8-11-12(15-17-13(11)14)6-5-10-4-3-7-16-10/h3-4,7,9H,5-6,8,14H2,1-2H3. The highest BCUT2D eigenvalue weighted by atomic mass is 16.5. The van der Waals surface area contributed by atoms with Crippen molar-refractivity contribution >= 4 is 5.88 Å². The summed E-state index contributed by atoms with van der Waals surface area (Å²) in [6.07, 6.45) is 4.21. The van der Waals surface area contributed by atoms with Gasteiger partial charge < -0.3 is 14.7 Å². The van der Waals surface area contributed by atoms with E-state index in [0.717, 1.165) is 36.3 Å². The summed E-state index contributed by atoms with van der Waals surface area (Å²) in [5.41, 5.74) is 7.79. The van der Waals surface area contributed by atoms with Gasteiger partial charge in [0, 0.05) is 18.4 Å². The first-order chi connectivity index (χ1) is 8.16. The van der Waals surface area contributed by atoms with Crippen LogP contribution in [-0.4, -0.2) is 5.16 Å². The molecule has 2 rings (SSSR count). The number of aromatic nitrogens is 1. The van der Waals surface area contributed by atoms with Gasteiger partial charge in [0.25, 0.3) is 0 Å². The zero-order chi connectivity index (χ0) is 12.3. The van der Waals surface area contributed by atoms with Crippen LogP contribution in [0.4, 0.5) is 5.88 Å². The van der Waals surface area contributed by atoms with Crippen LogP contribution in [0.25, 0.3) is 0 Å². The van der Waals surface area contributed by atoms with E-state index in [1.807, 2.05) is 12.1 Å². The Morgan fingerprint density at radius 1 is 1.35 bits per heavy atom. The van der Waals surface area contributed by atoms with Gasteiger partial charge >= 0.3 is 0 Å². The van der Waals surface area contributed by atoms with Gasteiger partial charge in [-0.3, -0.25) is 0 Å². The summed E-state index contributed by atoms with van der Waals surface area (Å²) in [6, 6.07) is 3.85. The molecule has 4 heteroatoms. The number of hydrogen-bond acceptors (Lipinski definition) is 4. The van der Waals surface area contributed by atoms with Crippen molar-refractivity contribution in [2.75, 3.05) is 5.73 Å². The van der Waals surface area contributed by atoms with Gasteiger partial charge in [-0.15, -0.1) is 0 Å². The zero-order valence-electron chi connectivity index (χ0n) is 10.3. The average Bonchev–Trinajstić information content (AvgIpc) is 2.88. The molecule has 4 nitrogen and oxygen atoms in total. The summed E-state index contributed by atoms with van der Waals surface area (Å²) in [5, 5.41) is 4.03. The molecule has 2 aromatic rings. The number of nitrogens with two attached hydrogens (primary N) is 1. The number of hydrogen-bond donors (Lipinski definition) is 1. The summed E-state index contributed by atoms with van der Waals surface area (Å²) in [6.45, 7) is 4.31. The van der Waals surface area contributed by atoms with Crippen LogP contribution in [0.2, 0.25) is 0 Å². The van der Waals surface area contributed by atoms with Gasteiger partial charge in [-0.1, -0.05) is 19.0 Å². The Labute approximate surface area is 101 Å². The lowest BCUT2D eigenvalue weighted by Gasteiger charge is -2.04. The van der Waals surface area contributed by atoms with E-state index in [1.54, 1.807) is 6.26 Å². The van der Waals surface area contributed by atoms with Gasteiger partial charge in [-0.25, -0.2) is 0 Å². The van der Waals surface area contributed by atoms with Crippen molar-refractivity contribution in [3.05, 3.63) is 35.4 Å². The number of anilines is 1. The maximum Gasteiger partial charge on any atom is 0.225 e. The van der Waals surface area contributed by atoms with Gasteiger partial charge in [0.05, 0.1) is 12.0 Å². The number of rotatable bonds is 5. The van der Waals surface area contributed by atoms with Crippen molar-refractivity contribution in [1.29, 1.82) is 0 Å². The monoisotopic (exact) mass is 234 g/mol. The summed E-state index contributed by atoms with van der Waals surface area (Å²) in [7, 11) is 0. The fourth-order valence-corrected chi connectivity index (χ4v) is 1.88. The van der Waals surface area contributed by atoms with Crippen LogP contribution in [0, 0.1) is 5.92 Å². The first kappa shape index (κ1) is 11.8. The normalized spacial score (nSPS) is 11.2. The van der Waals surface area contributed by atoms with E-state index in [4.69, 9.17) is 14.7 Å². The lowest BCUT2D eigenvalue weighted by Crippen LogP contribution is -2.01. The maximum atomic E-state index is 5.79. The molecule has 0 aliphatic carbocycles. The Morgan fingerprint density at radius 3 is 2.82 bits per heavy atom. The van der Waals surface area contributed by atoms with Crippen molar-refractivity contribution in [3.63, 3.8) is 0 Å². The van der Waals surface area contributed by atoms with E-state index < -0.39 is 0 Å². The van der Waals surface area contributed by atoms with E-state index in [-0.39, 0.29) is 0 Å². The van der Waals surface area contributed by atoms with E-state index in [1.165, 1.54) is 0 Å². The van der Waals surface area contributed by atoms with Gasteiger partial charge in [0.15, 0.2) is 0 Å². The van der Waals surface area contributed by atoms with E-state index in [0.29, 0.717) is 11.8 Å². The predicted molar refractivity (Wildman–Crippen MR) is 65.6 cm³/mol. The molecule has 0 radical (unpaired) electrons. The van der Waals surface area contributed by atoms with Crippen molar-refractivity contribution in [1.82, 2.24) is 5.16 Å². The minimum atomic E-state index is 0.452. The Bertz CT molecular complexity index is 458. The number of aryl methyl sites for hydroxylation is 2. The summed E-state index contributed by atoms with van der Waals surface area (Å²) in [5.74, 6) is 1.95. The van der Waals surface area contributed by atoms with Crippen LogP contribution in [0.5, 0.6) is 0 Å². The predicted octanol–water partition coefficient (Wildman–Crippen LogP) is 2.83. The highest BCUT2D eigenvalue weighted by Crippen LogP contribution is 2.21. The molecule has 2 heterocycles. The number of nitrogens with zero attached hydrogens (tertiary/aromatic N) is 1. The van der Waals surface area contributed by atoms with Crippen LogP contribution in [0.15, 0.2) is 27.3 Å². The molecular formula is C13H18N2O2. The molecule has 92 valence electrons. The third-order valence-corrected chi connectivity index (χ3v) is 2.70. The second-order valence-corrected chi connectivity index (χ2v) is 4.65. The second-order valence-electron chi connectivity index (χ2n) is 4.65. The quantitative estimate of drug-likeness (QED) is 0.863. The van der Waals surface area contributed by atoms with E-state index in [2.05, 4.69) is 19.0 Å². The molecule has 2 N–H and O–H groups in total. The summed E-state index contributed by atoms with van der Waals surface area (Å²) < 4.78 is 10.4. The van der Waals surface area contributed by atoms with Crippen molar-refractivity contribution in [2.45, 2.75) is 33.1 Å². The Balaban J connectivity index is 2.05. The lowest BCUT2D eigenvalue weighted by molar-refractivity contribution is 0.425. The van der Waals surface area contributed by atoms with Crippen LogP contribution in [0.1, 0.15) is 30.9 Å². The second kappa shape index (κ2) is 5.08. The molecule has 0 aromatic carbocycles. The average molecular weight is 234 g/mol. The third-order valence-electron chi connectivity index (χ3n) is 2.70. The minimum absolute atomic E-state index is 0.452. The molecule has 0 aliphatic heterocycles. The van der Waals surface area contributed by atoms with E-state index in [9.17, 15) is 0 Å². The molecule has 0 fully saturated rings. The Kier molecular flexibility index (Phi) is 3.52. The lowest BCUT2D eigenvalue weighted by atomic mass is 10.0. The van der Waals surface area contributed by atoms with Crippen LogP contribution < -0.4 is 5.73 Å². The zero-order valence-corrected chi connectivity index (χ0v) is 10.3. The molecule has 0 saturated carbocycles. The van der Waals surface area contributed by atoms with Crippen LogP contribution in [0.3, 0.4) is 0 Å². The molecule has 0 aliphatic rings. The van der Waals surface area contributed by atoms with Gasteiger partial charge in [0.2, 0.25) is 5.88 Å². The Hall–Kier alpha value is -1.71. The number of nitrogen functional groups attached to an aromatic ring is 1. The van der Waals surface area contributed by atoms with Gasteiger partial charge in [-0.2, -0.15) is 0 Å². The van der Waals surface area contributed by atoms with Gasteiger partial charge in [0.1, 0.15) is 5.76 Å². The number of furan rings is 1. The van der Waals surface area contributed by atoms with E-state index >= 15 is 0 Å². The molecule has 0 spiro atoms. The van der Waals surface area contributed by atoms with Gasteiger partial charge in [-0.05, 0) is 24.5 Å². The molecule has 2 aromatic heterocycles. The summed E-state index contributed by atoms with van der Waals surface area (Å²) in [4.78, 5) is 0. The minimum Gasteiger partial charge on any atom is -0.469 e. The first-order valence-corrected chi connectivity index (χ1v) is 5.92. The maximum absolute atomic E-state index is 5.79. The van der Waals surface area contributed by atoms with Crippen LogP contribution >= 0.6 is 0 Å². The molecule has 0 amide bonds. The topological polar surface area (TPSA) is 65.2 Å². The third kappa shape index (κ3) is 2.90. The van der Waals surface area contributed by atoms with Crippen molar-refractivity contribution in [3.8, 4) is 0 Å². The molecule has 0 atom stereocenters. The van der Waals surface area contributed by atoms with Crippen LogP contribution in [-0.2, 0) is 19.3 Å². The molecular weight excluding hydrogens is 216 g/mol. The SMILES string of the molecule is CC(C)Cc1c(CCc2ccco2)noc1N. The highest BCUT2D eigenvalue weighted by molar-refractivity contribution is 5.39.